The lowest BCUT2D eigenvalue weighted by Gasteiger charge is -2.18. The molecule has 2 heterocycles. The van der Waals surface area contributed by atoms with E-state index < -0.39 is 0 Å². The van der Waals surface area contributed by atoms with Crippen molar-refractivity contribution in [1.29, 1.82) is 0 Å². The highest BCUT2D eigenvalue weighted by Crippen LogP contribution is 2.44. The first-order valence-electron chi connectivity index (χ1n) is 8.57. The number of carbonyl (C=O) groups excluding carboxylic acids is 1. The molecule has 3 aromatic rings. The van der Waals surface area contributed by atoms with Gasteiger partial charge in [-0.15, -0.1) is 0 Å². The molecular formula is C21H20N2O3. The fourth-order valence-electron chi connectivity index (χ4n) is 3.33. The largest absolute Gasteiger partial charge is 0.483 e. The van der Waals surface area contributed by atoms with Crippen LogP contribution in [-0.2, 0) is 11.2 Å². The first kappa shape index (κ1) is 16.4. The number of rotatable bonds is 3. The lowest BCUT2D eigenvalue weighted by molar-refractivity contribution is -0.114. The molecule has 1 aliphatic rings. The van der Waals surface area contributed by atoms with Crippen molar-refractivity contribution >= 4 is 22.4 Å². The summed E-state index contributed by atoms with van der Waals surface area (Å²) in [4.78, 5) is 15.8. The van der Waals surface area contributed by atoms with Gasteiger partial charge in [0.25, 0.3) is 0 Å². The van der Waals surface area contributed by atoms with E-state index in [1.54, 1.807) is 6.20 Å². The topological polar surface area (TPSA) is 60.5 Å². The minimum absolute atomic E-state index is 0.117. The van der Waals surface area contributed by atoms with Crippen LogP contribution in [0.15, 0.2) is 48.7 Å². The number of hydrogen-bond donors (Lipinski definition) is 1. The van der Waals surface area contributed by atoms with Crippen molar-refractivity contribution in [1.82, 2.24) is 4.98 Å². The molecule has 26 heavy (non-hydrogen) atoms. The molecule has 1 aromatic heterocycles. The number of nitrogens with zero attached hydrogens (tertiary/aromatic N) is 1. The van der Waals surface area contributed by atoms with Crippen molar-refractivity contribution in [2.24, 2.45) is 0 Å². The first-order chi connectivity index (χ1) is 12.4. The van der Waals surface area contributed by atoms with Gasteiger partial charge in [0.2, 0.25) is 11.8 Å². The number of fused-ring (bicyclic) bond motifs is 2. The fourth-order valence-corrected chi connectivity index (χ4v) is 3.33. The minimum Gasteiger partial charge on any atom is -0.483 e. The summed E-state index contributed by atoms with van der Waals surface area (Å²) in [5.74, 6) is 1.79. The Balaban J connectivity index is 1.76. The van der Waals surface area contributed by atoms with Gasteiger partial charge in [0.15, 0.2) is 11.5 Å². The van der Waals surface area contributed by atoms with E-state index in [1.165, 1.54) is 6.92 Å². The van der Waals surface area contributed by atoms with Crippen molar-refractivity contribution in [3.63, 3.8) is 0 Å². The summed E-state index contributed by atoms with van der Waals surface area (Å²) in [7, 11) is 0. The Labute approximate surface area is 152 Å². The summed E-state index contributed by atoms with van der Waals surface area (Å²) in [6, 6.07) is 13.4. The van der Waals surface area contributed by atoms with Crippen molar-refractivity contribution in [3.05, 3.63) is 54.2 Å². The van der Waals surface area contributed by atoms with Crippen LogP contribution in [0.4, 0.5) is 5.69 Å². The van der Waals surface area contributed by atoms with Gasteiger partial charge < -0.3 is 14.8 Å². The van der Waals surface area contributed by atoms with Gasteiger partial charge in [-0.25, -0.2) is 4.98 Å². The van der Waals surface area contributed by atoms with Crippen LogP contribution in [0.5, 0.6) is 17.4 Å². The number of aromatic nitrogens is 1. The maximum atomic E-state index is 11.4. The number of pyridine rings is 1. The highest BCUT2D eigenvalue weighted by atomic mass is 16.5. The second-order valence-electron chi connectivity index (χ2n) is 7.08. The lowest BCUT2D eigenvalue weighted by Crippen LogP contribution is -2.24. The number of hydrogen-bond acceptors (Lipinski definition) is 4. The van der Waals surface area contributed by atoms with E-state index in [2.05, 4.69) is 30.2 Å². The molecule has 0 saturated heterocycles. The standard InChI is InChI=1S/C21H20N2O3/c1-13(24)23-17-8-5-7-16-15(17)10-11-22-20(16)25-18-9-4-6-14-12-21(2,3)26-19(14)18/h4-11H,12H2,1-3H3,(H,23,24). The molecule has 1 amide bonds. The molecule has 5 nitrogen and oxygen atoms in total. The van der Waals surface area contributed by atoms with E-state index >= 15 is 0 Å². The van der Waals surface area contributed by atoms with Gasteiger partial charge in [-0.2, -0.15) is 0 Å². The van der Waals surface area contributed by atoms with Gasteiger partial charge in [0.05, 0.1) is 0 Å². The van der Waals surface area contributed by atoms with Crippen molar-refractivity contribution in [3.8, 4) is 17.4 Å². The summed E-state index contributed by atoms with van der Waals surface area (Å²) in [5.41, 5.74) is 1.62. The predicted octanol–water partition coefficient (Wildman–Crippen LogP) is 4.70. The SMILES string of the molecule is CC(=O)Nc1cccc2c(Oc3cccc4c3OC(C)(C)C4)nccc12. The van der Waals surface area contributed by atoms with Crippen molar-refractivity contribution in [2.75, 3.05) is 5.32 Å². The Morgan fingerprint density at radius 2 is 1.96 bits per heavy atom. The molecule has 1 N–H and O–H groups in total. The van der Waals surface area contributed by atoms with Crippen LogP contribution in [-0.4, -0.2) is 16.5 Å². The highest BCUT2D eigenvalue weighted by Gasteiger charge is 2.32. The number of nitrogens with one attached hydrogen (secondary N) is 1. The Bertz CT molecular complexity index is 1010. The quantitative estimate of drug-likeness (QED) is 0.745. The van der Waals surface area contributed by atoms with Crippen LogP contribution < -0.4 is 14.8 Å². The normalized spacial score (nSPS) is 14.6. The second-order valence-corrected chi connectivity index (χ2v) is 7.08. The molecule has 0 fully saturated rings. The third kappa shape index (κ3) is 2.96. The maximum absolute atomic E-state index is 11.4. The number of para-hydroxylation sites is 1. The van der Waals surface area contributed by atoms with Gasteiger partial charge in [-0.3, -0.25) is 4.79 Å². The Hall–Kier alpha value is -3.08. The number of anilines is 1. The Kier molecular flexibility index (Phi) is 3.80. The molecule has 5 heteroatoms. The summed E-state index contributed by atoms with van der Waals surface area (Å²) in [6.07, 6.45) is 2.52. The van der Waals surface area contributed by atoms with Crippen molar-refractivity contribution in [2.45, 2.75) is 32.8 Å². The summed E-state index contributed by atoms with van der Waals surface area (Å²) >= 11 is 0. The molecular weight excluding hydrogens is 328 g/mol. The van der Waals surface area contributed by atoms with Crippen LogP contribution in [0, 0.1) is 0 Å². The molecule has 0 unspecified atom stereocenters. The van der Waals surface area contributed by atoms with Crippen LogP contribution in [0.1, 0.15) is 26.3 Å². The minimum atomic E-state index is -0.243. The third-order valence-corrected chi connectivity index (χ3v) is 4.34. The monoisotopic (exact) mass is 348 g/mol. The average molecular weight is 348 g/mol. The third-order valence-electron chi connectivity index (χ3n) is 4.34. The number of amides is 1. The van der Waals surface area contributed by atoms with Crippen molar-refractivity contribution < 1.29 is 14.3 Å². The van der Waals surface area contributed by atoms with Crippen LogP contribution in [0.25, 0.3) is 10.8 Å². The van der Waals surface area contributed by atoms with E-state index in [-0.39, 0.29) is 11.5 Å². The molecule has 0 radical (unpaired) electrons. The smallest absolute Gasteiger partial charge is 0.227 e. The molecule has 2 aromatic carbocycles. The zero-order valence-electron chi connectivity index (χ0n) is 15.0. The fraction of sp³-hybridized carbons (Fsp3) is 0.238. The van der Waals surface area contributed by atoms with E-state index in [4.69, 9.17) is 9.47 Å². The van der Waals surface area contributed by atoms with Crippen LogP contribution in [0.2, 0.25) is 0 Å². The first-order valence-corrected chi connectivity index (χ1v) is 8.57. The number of ether oxygens (including phenoxy) is 2. The molecule has 1 aliphatic heterocycles. The maximum Gasteiger partial charge on any atom is 0.227 e. The molecule has 0 aliphatic carbocycles. The molecule has 0 saturated carbocycles. The second kappa shape index (κ2) is 6.02. The molecule has 4 rings (SSSR count). The number of benzene rings is 2. The predicted molar refractivity (Wildman–Crippen MR) is 101 cm³/mol. The van der Waals surface area contributed by atoms with Gasteiger partial charge in [0.1, 0.15) is 5.60 Å². The summed E-state index contributed by atoms with van der Waals surface area (Å²) in [5, 5.41) is 4.55. The zero-order valence-corrected chi connectivity index (χ0v) is 15.0. The molecule has 132 valence electrons. The van der Waals surface area contributed by atoms with Gasteiger partial charge in [-0.05, 0) is 38.1 Å². The van der Waals surface area contributed by atoms with E-state index in [0.717, 1.165) is 34.2 Å². The summed E-state index contributed by atoms with van der Waals surface area (Å²) < 4.78 is 12.2. The van der Waals surface area contributed by atoms with Crippen LogP contribution >= 0.6 is 0 Å². The van der Waals surface area contributed by atoms with Gasteiger partial charge in [0, 0.05) is 41.6 Å². The molecule has 0 bridgehead atoms. The van der Waals surface area contributed by atoms with Gasteiger partial charge >= 0.3 is 0 Å². The average Bonchev–Trinajstić information content (AvgIpc) is 2.90. The van der Waals surface area contributed by atoms with E-state index in [9.17, 15) is 4.79 Å². The van der Waals surface area contributed by atoms with E-state index in [0.29, 0.717) is 11.6 Å². The Morgan fingerprint density at radius 1 is 1.15 bits per heavy atom. The van der Waals surface area contributed by atoms with E-state index in [1.807, 2.05) is 36.4 Å². The lowest BCUT2D eigenvalue weighted by atomic mass is 10.0. The Morgan fingerprint density at radius 3 is 2.77 bits per heavy atom. The summed E-state index contributed by atoms with van der Waals surface area (Å²) in [6.45, 7) is 5.61. The number of carbonyl (C=O) groups is 1. The molecule has 0 atom stereocenters. The van der Waals surface area contributed by atoms with Gasteiger partial charge in [-0.1, -0.05) is 18.2 Å². The highest BCUT2D eigenvalue weighted by molar-refractivity contribution is 6.02. The van der Waals surface area contributed by atoms with Crippen LogP contribution in [0.3, 0.4) is 0 Å². The molecule has 0 spiro atoms. The zero-order chi connectivity index (χ0) is 18.3.